The maximum absolute atomic E-state index is 12.9. The van der Waals surface area contributed by atoms with Gasteiger partial charge in [-0.05, 0) is 51.4 Å². The third kappa shape index (κ3) is 23.3. The van der Waals surface area contributed by atoms with Crippen LogP contribution < -0.4 is 0 Å². The monoisotopic (exact) mass is 873 g/mol. The van der Waals surface area contributed by atoms with E-state index in [4.69, 9.17) is 28.4 Å². The maximum atomic E-state index is 12.9. The summed E-state index contributed by atoms with van der Waals surface area (Å²) >= 11 is 0. The standard InChI is InChI=1S/C46H80O15/c1-3-5-7-9-11-13-15-16-17-18-19-21-23-25-27-29-38(49)59-34(31-56-37(48)28-26-24-22-20-14-12-10-8-6-4-2)32-57-45-44(55)42(53)40(51)36(61-45)33-58-46-43(54)41(52)39(50)35(30-47)60-46/h11,13,16-17,19,21,34-36,39-47,50-55H,3-10,12,14-15,18,20,22-33H2,1-2H3/b13-11+,17-16+,21-19+/t34-,35-,36-,39+,40+,41?,42?,43?,44?,45-,46-/m1/s1. The molecular formula is C46H80O15. The van der Waals surface area contributed by atoms with Crippen LogP contribution in [-0.2, 0) is 38.0 Å². The highest BCUT2D eigenvalue weighted by Crippen LogP contribution is 2.26. The Hall–Kier alpha value is -2.28. The van der Waals surface area contributed by atoms with Gasteiger partial charge in [-0.2, -0.15) is 0 Å². The number of carbonyl (C=O) groups excluding carboxylic acids is 2. The summed E-state index contributed by atoms with van der Waals surface area (Å²) in [5.41, 5.74) is 0. The normalized spacial score (nSPS) is 27.6. The van der Waals surface area contributed by atoms with Crippen molar-refractivity contribution in [3.63, 3.8) is 0 Å². The van der Waals surface area contributed by atoms with E-state index in [-0.39, 0.29) is 19.4 Å². The SMILES string of the molecule is CCCCC/C=C/C/C=C/C/C=C/CCCCC(=O)O[C@H](COC(=O)CCCCCCCCCCCC)CO[C@@H]1O[C@H](CO[C@@H]2O[C@H](CO)[C@H](O)C(O)C2O)[C@H](O)C(O)C1O. The molecule has 0 saturated carbocycles. The zero-order chi connectivity index (χ0) is 44.7. The first-order chi connectivity index (χ1) is 29.5. The highest BCUT2D eigenvalue weighted by molar-refractivity contribution is 5.70. The molecule has 0 aliphatic carbocycles. The van der Waals surface area contributed by atoms with E-state index in [2.05, 4.69) is 50.3 Å². The summed E-state index contributed by atoms with van der Waals surface area (Å²) in [5.74, 6) is -0.973. The van der Waals surface area contributed by atoms with Crippen molar-refractivity contribution in [2.45, 2.75) is 216 Å². The highest BCUT2D eigenvalue weighted by atomic mass is 16.7. The fourth-order valence-electron chi connectivity index (χ4n) is 6.99. The van der Waals surface area contributed by atoms with Crippen molar-refractivity contribution in [1.82, 2.24) is 0 Å². The van der Waals surface area contributed by atoms with Crippen LogP contribution in [0.3, 0.4) is 0 Å². The summed E-state index contributed by atoms with van der Waals surface area (Å²) in [6.07, 6.45) is 16.2. The second-order valence-electron chi connectivity index (χ2n) is 16.2. The lowest BCUT2D eigenvalue weighted by molar-refractivity contribution is -0.332. The molecule has 2 aliphatic heterocycles. The first-order valence-electron chi connectivity index (χ1n) is 23.1. The van der Waals surface area contributed by atoms with Gasteiger partial charge in [-0.1, -0.05) is 121 Å². The van der Waals surface area contributed by atoms with Crippen molar-refractivity contribution >= 4 is 11.9 Å². The van der Waals surface area contributed by atoms with Gasteiger partial charge >= 0.3 is 11.9 Å². The van der Waals surface area contributed by atoms with Crippen LogP contribution in [0.5, 0.6) is 0 Å². The van der Waals surface area contributed by atoms with E-state index < -0.39 is 99.3 Å². The van der Waals surface area contributed by atoms with Gasteiger partial charge < -0.3 is 64.2 Å². The van der Waals surface area contributed by atoms with Crippen LogP contribution in [0.4, 0.5) is 0 Å². The quantitative estimate of drug-likeness (QED) is 0.0257. The van der Waals surface area contributed by atoms with E-state index in [0.29, 0.717) is 12.8 Å². The van der Waals surface area contributed by atoms with E-state index in [1.165, 1.54) is 57.8 Å². The Kier molecular flexibility index (Phi) is 30.7. The van der Waals surface area contributed by atoms with E-state index in [1.54, 1.807) is 0 Å². The van der Waals surface area contributed by atoms with Crippen molar-refractivity contribution in [3.8, 4) is 0 Å². The molecule has 2 rings (SSSR count). The molecule has 15 heteroatoms. The molecule has 4 unspecified atom stereocenters. The minimum atomic E-state index is -1.77. The van der Waals surface area contributed by atoms with Crippen molar-refractivity contribution in [2.75, 3.05) is 26.4 Å². The van der Waals surface area contributed by atoms with Crippen LogP contribution in [0.2, 0.25) is 0 Å². The third-order valence-corrected chi connectivity index (χ3v) is 10.9. The van der Waals surface area contributed by atoms with Crippen molar-refractivity contribution < 1.29 is 73.8 Å². The average Bonchev–Trinajstić information content (AvgIpc) is 3.25. The number of hydrogen-bond donors (Lipinski definition) is 7. The molecule has 354 valence electrons. The van der Waals surface area contributed by atoms with Crippen LogP contribution >= 0.6 is 0 Å². The zero-order valence-electron chi connectivity index (χ0n) is 36.9. The summed E-state index contributed by atoms with van der Waals surface area (Å²) in [6, 6.07) is 0. The summed E-state index contributed by atoms with van der Waals surface area (Å²) in [7, 11) is 0. The van der Waals surface area contributed by atoms with Gasteiger partial charge in [0.2, 0.25) is 0 Å². The van der Waals surface area contributed by atoms with Crippen molar-refractivity contribution in [2.24, 2.45) is 0 Å². The maximum Gasteiger partial charge on any atom is 0.306 e. The van der Waals surface area contributed by atoms with Gasteiger partial charge in [0, 0.05) is 12.8 Å². The predicted octanol–water partition coefficient (Wildman–Crippen LogP) is 4.98. The van der Waals surface area contributed by atoms with E-state index >= 15 is 0 Å². The van der Waals surface area contributed by atoms with Gasteiger partial charge in [-0.15, -0.1) is 0 Å². The molecule has 0 aromatic heterocycles. The number of ether oxygens (including phenoxy) is 6. The number of unbranched alkanes of at least 4 members (excludes halogenated alkanes) is 14. The second kappa shape index (κ2) is 34.2. The van der Waals surface area contributed by atoms with Gasteiger partial charge in [-0.25, -0.2) is 0 Å². The molecule has 0 radical (unpaired) electrons. The molecule has 11 atom stereocenters. The van der Waals surface area contributed by atoms with E-state index in [0.717, 1.165) is 51.4 Å². The van der Waals surface area contributed by atoms with Gasteiger partial charge in [0.15, 0.2) is 18.7 Å². The molecule has 61 heavy (non-hydrogen) atoms. The molecule has 0 spiro atoms. The van der Waals surface area contributed by atoms with Crippen molar-refractivity contribution in [3.05, 3.63) is 36.5 Å². The largest absolute Gasteiger partial charge is 0.462 e. The third-order valence-electron chi connectivity index (χ3n) is 10.9. The minimum absolute atomic E-state index is 0.117. The Morgan fingerprint density at radius 3 is 1.57 bits per heavy atom. The number of allylic oxidation sites excluding steroid dienone is 6. The van der Waals surface area contributed by atoms with Crippen LogP contribution in [0.25, 0.3) is 0 Å². The Labute approximate surface area is 364 Å². The zero-order valence-corrected chi connectivity index (χ0v) is 36.9. The van der Waals surface area contributed by atoms with Crippen LogP contribution in [0, 0.1) is 0 Å². The Bertz CT molecular complexity index is 1210. The molecule has 2 fully saturated rings. The lowest BCUT2D eigenvalue weighted by Crippen LogP contribution is -2.61. The highest BCUT2D eigenvalue weighted by Gasteiger charge is 2.47. The molecule has 2 aliphatic rings. The minimum Gasteiger partial charge on any atom is -0.462 e. The molecule has 15 nitrogen and oxygen atoms in total. The Morgan fingerprint density at radius 2 is 0.984 bits per heavy atom. The van der Waals surface area contributed by atoms with Gasteiger partial charge in [0.05, 0.1) is 19.8 Å². The van der Waals surface area contributed by atoms with Gasteiger partial charge in [0.25, 0.3) is 0 Å². The average molecular weight is 873 g/mol. The first kappa shape index (κ1) is 54.9. The van der Waals surface area contributed by atoms with E-state index in [1.807, 2.05) is 0 Å². The fourth-order valence-corrected chi connectivity index (χ4v) is 6.99. The summed E-state index contributed by atoms with van der Waals surface area (Å²) in [5, 5.41) is 71.8. The number of hydrogen-bond acceptors (Lipinski definition) is 15. The Morgan fingerprint density at radius 1 is 0.525 bits per heavy atom. The van der Waals surface area contributed by atoms with Gasteiger partial charge in [0.1, 0.15) is 55.4 Å². The molecule has 0 aromatic carbocycles. The first-order valence-corrected chi connectivity index (χ1v) is 23.1. The molecular weight excluding hydrogens is 792 g/mol. The van der Waals surface area contributed by atoms with Crippen LogP contribution in [-0.4, -0.2) is 142 Å². The number of esters is 2. The van der Waals surface area contributed by atoms with Crippen molar-refractivity contribution in [1.29, 1.82) is 0 Å². The van der Waals surface area contributed by atoms with E-state index in [9.17, 15) is 45.3 Å². The molecule has 2 saturated heterocycles. The number of aliphatic hydroxyl groups is 7. The molecule has 0 bridgehead atoms. The fraction of sp³-hybridized carbons (Fsp3) is 0.826. The predicted molar refractivity (Wildman–Crippen MR) is 229 cm³/mol. The lowest BCUT2D eigenvalue weighted by atomic mass is 9.98. The number of rotatable bonds is 34. The summed E-state index contributed by atoms with van der Waals surface area (Å²) in [4.78, 5) is 25.6. The second-order valence-corrected chi connectivity index (χ2v) is 16.2. The van der Waals surface area contributed by atoms with Crippen LogP contribution in [0.1, 0.15) is 149 Å². The summed E-state index contributed by atoms with van der Waals surface area (Å²) in [6.45, 7) is 2.48. The number of aliphatic hydroxyl groups excluding tert-OH is 7. The van der Waals surface area contributed by atoms with Crippen LogP contribution in [0.15, 0.2) is 36.5 Å². The molecule has 7 N–H and O–H groups in total. The topological polar surface area (TPSA) is 231 Å². The Balaban J connectivity index is 1.88. The van der Waals surface area contributed by atoms with Gasteiger partial charge in [-0.3, -0.25) is 9.59 Å². The summed E-state index contributed by atoms with van der Waals surface area (Å²) < 4.78 is 33.4. The lowest BCUT2D eigenvalue weighted by Gasteiger charge is -2.42. The smallest absolute Gasteiger partial charge is 0.306 e. The molecule has 0 amide bonds. The number of carbonyl (C=O) groups is 2. The molecule has 0 aromatic rings. The molecule has 2 heterocycles.